The summed E-state index contributed by atoms with van der Waals surface area (Å²) >= 11 is 3.38. The van der Waals surface area contributed by atoms with Crippen molar-refractivity contribution >= 4 is 15.9 Å². The van der Waals surface area contributed by atoms with Gasteiger partial charge in [-0.2, -0.15) is 0 Å². The molecule has 0 heterocycles. The van der Waals surface area contributed by atoms with Crippen LogP contribution in [-0.4, -0.2) is 7.11 Å². The fourth-order valence-electron chi connectivity index (χ4n) is 2.07. The number of methoxy groups -OCH3 is 1. The van der Waals surface area contributed by atoms with Crippen LogP contribution in [0.4, 0.5) is 8.78 Å². The van der Waals surface area contributed by atoms with Crippen molar-refractivity contribution in [3.8, 4) is 5.75 Å². The topological polar surface area (TPSA) is 9.23 Å². The van der Waals surface area contributed by atoms with Gasteiger partial charge in [0, 0.05) is 10.4 Å². The van der Waals surface area contributed by atoms with Gasteiger partial charge in [0.05, 0.1) is 7.11 Å². The molecule has 2 aromatic carbocycles. The summed E-state index contributed by atoms with van der Waals surface area (Å²) in [5.74, 6) is -0.292. The number of benzene rings is 2. The van der Waals surface area contributed by atoms with Crippen LogP contribution in [0, 0.1) is 18.6 Å². The van der Waals surface area contributed by atoms with E-state index in [4.69, 9.17) is 4.74 Å². The lowest BCUT2D eigenvalue weighted by molar-refractivity contribution is 0.414. The molecule has 1 unspecified atom stereocenters. The Hall–Kier alpha value is -1.42. The SMILES string of the molecule is COc1cccc(CC(Br)c2c(F)ccc(C)c2F)c1. The Labute approximate surface area is 125 Å². The van der Waals surface area contributed by atoms with Gasteiger partial charge in [-0.3, -0.25) is 0 Å². The van der Waals surface area contributed by atoms with E-state index >= 15 is 0 Å². The Kier molecular flexibility index (Phi) is 4.76. The maximum atomic E-state index is 14.1. The van der Waals surface area contributed by atoms with Crippen molar-refractivity contribution in [3.05, 3.63) is 64.7 Å². The Morgan fingerprint density at radius 1 is 1.20 bits per heavy atom. The van der Waals surface area contributed by atoms with E-state index in [1.807, 2.05) is 24.3 Å². The van der Waals surface area contributed by atoms with Crippen molar-refractivity contribution in [2.24, 2.45) is 0 Å². The van der Waals surface area contributed by atoms with Crippen LogP contribution in [0.15, 0.2) is 36.4 Å². The summed E-state index contributed by atoms with van der Waals surface area (Å²) in [5.41, 5.74) is 1.47. The van der Waals surface area contributed by atoms with Crippen molar-refractivity contribution in [1.29, 1.82) is 0 Å². The molecule has 0 radical (unpaired) electrons. The van der Waals surface area contributed by atoms with Gasteiger partial charge in [-0.15, -0.1) is 0 Å². The zero-order chi connectivity index (χ0) is 14.7. The van der Waals surface area contributed by atoms with Crippen LogP contribution >= 0.6 is 15.9 Å². The molecule has 0 fully saturated rings. The van der Waals surface area contributed by atoms with Crippen LogP contribution in [0.25, 0.3) is 0 Å². The van der Waals surface area contributed by atoms with Crippen molar-refractivity contribution in [1.82, 2.24) is 0 Å². The van der Waals surface area contributed by atoms with E-state index in [9.17, 15) is 8.78 Å². The lowest BCUT2D eigenvalue weighted by atomic mass is 10.0. The third kappa shape index (κ3) is 3.18. The van der Waals surface area contributed by atoms with Gasteiger partial charge in [0.15, 0.2) is 0 Å². The van der Waals surface area contributed by atoms with Crippen LogP contribution in [0.2, 0.25) is 0 Å². The van der Waals surface area contributed by atoms with E-state index in [0.717, 1.165) is 11.3 Å². The predicted molar refractivity (Wildman–Crippen MR) is 79.5 cm³/mol. The molecule has 0 saturated carbocycles. The molecule has 0 N–H and O–H groups in total. The first-order chi connectivity index (χ1) is 9.52. The van der Waals surface area contributed by atoms with Crippen LogP contribution in [0.5, 0.6) is 5.75 Å². The highest BCUT2D eigenvalue weighted by molar-refractivity contribution is 9.09. The largest absolute Gasteiger partial charge is 0.497 e. The lowest BCUT2D eigenvalue weighted by Gasteiger charge is -2.14. The van der Waals surface area contributed by atoms with Crippen molar-refractivity contribution in [2.45, 2.75) is 18.2 Å². The number of hydrogen-bond acceptors (Lipinski definition) is 1. The first kappa shape index (κ1) is 15.0. The molecule has 0 bridgehead atoms. The number of ether oxygens (including phenoxy) is 1. The van der Waals surface area contributed by atoms with Crippen molar-refractivity contribution in [2.75, 3.05) is 7.11 Å². The molecule has 20 heavy (non-hydrogen) atoms. The first-order valence-corrected chi connectivity index (χ1v) is 7.16. The second-order valence-electron chi connectivity index (χ2n) is 4.62. The van der Waals surface area contributed by atoms with Gasteiger partial charge in [0.2, 0.25) is 0 Å². The van der Waals surface area contributed by atoms with Gasteiger partial charge < -0.3 is 4.74 Å². The van der Waals surface area contributed by atoms with Crippen LogP contribution in [0.3, 0.4) is 0 Å². The summed E-state index contributed by atoms with van der Waals surface area (Å²) in [6, 6.07) is 10.2. The van der Waals surface area contributed by atoms with Gasteiger partial charge in [0.1, 0.15) is 17.4 Å². The Balaban J connectivity index is 2.28. The molecule has 0 amide bonds. The number of aryl methyl sites for hydroxylation is 1. The van der Waals surface area contributed by atoms with E-state index in [2.05, 4.69) is 15.9 Å². The van der Waals surface area contributed by atoms with E-state index in [-0.39, 0.29) is 5.56 Å². The van der Waals surface area contributed by atoms with E-state index < -0.39 is 16.5 Å². The maximum absolute atomic E-state index is 14.1. The lowest BCUT2D eigenvalue weighted by Crippen LogP contribution is -2.04. The molecule has 2 aromatic rings. The van der Waals surface area contributed by atoms with E-state index in [0.29, 0.717) is 12.0 Å². The average molecular weight is 341 g/mol. The van der Waals surface area contributed by atoms with E-state index in [1.54, 1.807) is 14.0 Å². The minimum absolute atomic E-state index is 0.0767. The minimum atomic E-state index is -0.530. The standard InChI is InChI=1S/C16H15BrF2O/c1-10-6-7-14(18)15(16(10)19)13(17)9-11-4-3-5-12(8-11)20-2/h3-8,13H,9H2,1-2H3. The zero-order valence-electron chi connectivity index (χ0n) is 11.3. The zero-order valence-corrected chi connectivity index (χ0v) is 12.9. The second kappa shape index (κ2) is 6.35. The molecule has 0 aliphatic carbocycles. The van der Waals surface area contributed by atoms with Crippen molar-refractivity contribution < 1.29 is 13.5 Å². The highest BCUT2D eigenvalue weighted by Gasteiger charge is 2.19. The minimum Gasteiger partial charge on any atom is -0.497 e. The number of rotatable bonds is 4. The van der Waals surface area contributed by atoms with Gasteiger partial charge in [0.25, 0.3) is 0 Å². The molecule has 0 aliphatic heterocycles. The third-order valence-electron chi connectivity index (χ3n) is 3.18. The molecule has 0 spiro atoms. The molecule has 1 nitrogen and oxygen atoms in total. The fourth-order valence-corrected chi connectivity index (χ4v) is 2.87. The quantitative estimate of drug-likeness (QED) is 0.714. The maximum Gasteiger partial charge on any atom is 0.133 e. The number of hydrogen-bond donors (Lipinski definition) is 0. The Morgan fingerprint density at radius 3 is 2.65 bits per heavy atom. The van der Waals surface area contributed by atoms with E-state index in [1.165, 1.54) is 12.1 Å². The van der Waals surface area contributed by atoms with Crippen molar-refractivity contribution in [3.63, 3.8) is 0 Å². The third-order valence-corrected chi connectivity index (χ3v) is 3.96. The fraction of sp³-hybridized carbons (Fsp3) is 0.250. The summed E-state index contributed by atoms with van der Waals surface area (Å²) in [5, 5.41) is 0. The second-order valence-corrected chi connectivity index (χ2v) is 5.72. The van der Waals surface area contributed by atoms with Gasteiger partial charge in [-0.25, -0.2) is 8.78 Å². The smallest absolute Gasteiger partial charge is 0.133 e. The number of alkyl halides is 1. The summed E-state index contributed by atoms with van der Waals surface area (Å²) in [6.07, 6.45) is 0.481. The van der Waals surface area contributed by atoms with Crippen LogP contribution < -0.4 is 4.74 Å². The Morgan fingerprint density at radius 2 is 1.95 bits per heavy atom. The summed E-state index contributed by atoms with van der Waals surface area (Å²) in [4.78, 5) is -0.422. The highest BCUT2D eigenvalue weighted by atomic mass is 79.9. The number of halogens is 3. The Bertz CT molecular complexity index is 613. The van der Waals surface area contributed by atoms with Crippen LogP contribution in [-0.2, 0) is 6.42 Å². The molecule has 4 heteroatoms. The molecule has 0 aliphatic rings. The van der Waals surface area contributed by atoms with Crippen LogP contribution in [0.1, 0.15) is 21.5 Å². The summed E-state index contributed by atoms with van der Waals surface area (Å²) < 4.78 is 33.0. The molecule has 0 aromatic heterocycles. The summed E-state index contributed by atoms with van der Waals surface area (Å²) in [6.45, 7) is 1.63. The molecule has 106 valence electrons. The average Bonchev–Trinajstić information content (AvgIpc) is 2.43. The molecule has 0 saturated heterocycles. The summed E-state index contributed by atoms with van der Waals surface area (Å²) in [7, 11) is 1.59. The molecule has 2 rings (SSSR count). The highest BCUT2D eigenvalue weighted by Crippen LogP contribution is 2.33. The predicted octanol–water partition coefficient (Wildman–Crippen LogP) is 4.96. The molecular formula is C16H15BrF2O. The first-order valence-electron chi connectivity index (χ1n) is 6.24. The normalized spacial score (nSPS) is 12.2. The molecule has 1 atom stereocenters. The van der Waals surface area contributed by atoms with Gasteiger partial charge in [-0.1, -0.05) is 34.1 Å². The van der Waals surface area contributed by atoms with Gasteiger partial charge in [-0.05, 0) is 42.7 Å². The van der Waals surface area contributed by atoms with Gasteiger partial charge >= 0.3 is 0 Å². The molecular weight excluding hydrogens is 326 g/mol. The monoisotopic (exact) mass is 340 g/mol.